The number of fused-ring (bicyclic) bond motifs is 3. The molecule has 5 heteroatoms. The molecule has 2 heterocycles. The van der Waals surface area contributed by atoms with Crippen molar-refractivity contribution < 1.29 is 19.1 Å². The Kier molecular flexibility index (Phi) is 6.17. The summed E-state index contributed by atoms with van der Waals surface area (Å²) in [6.07, 6.45) is 5.38. The van der Waals surface area contributed by atoms with E-state index < -0.39 is 0 Å². The molecule has 2 aliphatic rings. The van der Waals surface area contributed by atoms with Crippen LogP contribution in [0.3, 0.4) is 0 Å². The van der Waals surface area contributed by atoms with Crippen molar-refractivity contribution in [1.82, 2.24) is 4.90 Å². The van der Waals surface area contributed by atoms with Gasteiger partial charge in [0.25, 0.3) is 0 Å². The Morgan fingerprint density at radius 1 is 1.04 bits per heavy atom. The van der Waals surface area contributed by atoms with E-state index in [4.69, 9.17) is 9.47 Å². The molecule has 1 unspecified atom stereocenters. The lowest BCUT2D eigenvalue weighted by molar-refractivity contribution is -0.143. The van der Waals surface area contributed by atoms with Crippen LogP contribution < -0.4 is 9.47 Å². The summed E-state index contributed by atoms with van der Waals surface area (Å²) >= 11 is 0. The average molecular weight is 359 g/mol. The van der Waals surface area contributed by atoms with Gasteiger partial charge in [0.2, 0.25) is 5.91 Å². The summed E-state index contributed by atoms with van der Waals surface area (Å²) < 4.78 is 12.0. The molecule has 0 bridgehead atoms. The van der Waals surface area contributed by atoms with Crippen molar-refractivity contribution >= 4 is 11.7 Å². The largest absolute Gasteiger partial charge is 0.490 e. The smallest absolute Gasteiger partial charge is 0.230 e. The number of carbonyl (C=O) groups is 2. The summed E-state index contributed by atoms with van der Waals surface area (Å²) in [4.78, 5) is 26.1. The molecule has 142 valence electrons. The minimum atomic E-state index is -0.147. The SMILES string of the molecule is CCCCOc1cc2c(cc1OCCCC)C1CC(=O)CC(=O)N1CC2. The first-order valence-electron chi connectivity index (χ1n) is 9.87. The van der Waals surface area contributed by atoms with Crippen LogP contribution in [0, 0.1) is 0 Å². The standard InChI is InChI=1S/C21H29NO4/c1-3-5-9-25-19-11-15-7-8-22-18(12-16(23)13-21(22)24)17(15)14-20(19)26-10-6-4-2/h11,14,18H,3-10,12-13H2,1-2H3. The molecule has 0 saturated carbocycles. The van der Waals surface area contributed by atoms with Crippen LogP contribution in [0.5, 0.6) is 11.5 Å². The van der Waals surface area contributed by atoms with E-state index in [0.29, 0.717) is 26.2 Å². The number of ether oxygens (including phenoxy) is 2. The Hall–Kier alpha value is -2.04. The first-order valence-corrected chi connectivity index (χ1v) is 9.87. The van der Waals surface area contributed by atoms with E-state index in [1.165, 1.54) is 5.56 Å². The molecule has 3 rings (SSSR count). The minimum Gasteiger partial charge on any atom is -0.490 e. The fraction of sp³-hybridized carbons (Fsp3) is 0.619. The predicted octanol–water partition coefficient (Wildman–Crippen LogP) is 3.83. The first-order chi connectivity index (χ1) is 12.6. The second-order valence-electron chi connectivity index (χ2n) is 7.17. The second kappa shape index (κ2) is 8.56. The summed E-state index contributed by atoms with van der Waals surface area (Å²) in [5.74, 6) is 1.50. The molecule has 0 N–H and O–H groups in total. The molecule has 0 spiro atoms. The van der Waals surface area contributed by atoms with Gasteiger partial charge in [-0.25, -0.2) is 0 Å². The van der Waals surface area contributed by atoms with Gasteiger partial charge in [-0.15, -0.1) is 0 Å². The number of hydrogen-bond donors (Lipinski definition) is 0. The highest BCUT2D eigenvalue weighted by molar-refractivity contribution is 6.01. The van der Waals surface area contributed by atoms with Crippen molar-refractivity contribution in [1.29, 1.82) is 0 Å². The van der Waals surface area contributed by atoms with E-state index in [1.54, 1.807) is 0 Å². The van der Waals surface area contributed by atoms with Gasteiger partial charge in [-0.1, -0.05) is 26.7 Å². The zero-order valence-corrected chi connectivity index (χ0v) is 15.9. The third kappa shape index (κ3) is 4.02. The number of amides is 1. The van der Waals surface area contributed by atoms with E-state index in [0.717, 1.165) is 49.2 Å². The normalized spacial score (nSPS) is 19.2. The van der Waals surface area contributed by atoms with Gasteiger partial charge in [-0.3, -0.25) is 9.59 Å². The molecular weight excluding hydrogens is 330 g/mol. The minimum absolute atomic E-state index is 0.0285. The number of unbranched alkanes of at least 4 members (excludes halogenated alkanes) is 2. The molecule has 0 aromatic heterocycles. The van der Waals surface area contributed by atoms with Gasteiger partial charge in [-0.05, 0) is 42.5 Å². The van der Waals surface area contributed by atoms with E-state index in [2.05, 4.69) is 19.9 Å². The molecule has 0 radical (unpaired) electrons. The highest BCUT2D eigenvalue weighted by atomic mass is 16.5. The fourth-order valence-electron chi connectivity index (χ4n) is 3.66. The Labute approximate surface area is 155 Å². The first kappa shape index (κ1) is 18.7. The molecule has 1 amide bonds. The lowest BCUT2D eigenvalue weighted by Gasteiger charge is -2.40. The number of hydrogen-bond acceptors (Lipinski definition) is 4. The number of piperidine rings is 1. The van der Waals surface area contributed by atoms with Gasteiger partial charge in [-0.2, -0.15) is 0 Å². The molecular formula is C21H29NO4. The van der Waals surface area contributed by atoms with Crippen molar-refractivity contribution in [3.63, 3.8) is 0 Å². The van der Waals surface area contributed by atoms with Crippen molar-refractivity contribution in [3.05, 3.63) is 23.3 Å². The summed E-state index contributed by atoms with van der Waals surface area (Å²) in [5, 5.41) is 0. The van der Waals surface area contributed by atoms with Crippen LogP contribution in [0.2, 0.25) is 0 Å². The lowest BCUT2D eigenvalue weighted by Crippen LogP contribution is -2.45. The van der Waals surface area contributed by atoms with Gasteiger partial charge in [0.15, 0.2) is 11.5 Å². The van der Waals surface area contributed by atoms with E-state index in [9.17, 15) is 9.59 Å². The lowest BCUT2D eigenvalue weighted by atomic mass is 9.86. The quantitative estimate of drug-likeness (QED) is 0.523. The van der Waals surface area contributed by atoms with Crippen LogP contribution >= 0.6 is 0 Å². The molecule has 1 fully saturated rings. The molecule has 1 aromatic carbocycles. The fourth-order valence-corrected chi connectivity index (χ4v) is 3.66. The summed E-state index contributed by atoms with van der Waals surface area (Å²) in [6, 6.07) is 3.92. The van der Waals surface area contributed by atoms with Crippen LogP contribution in [0.15, 0.2) is 12.1 Å². The van der Waals surface area contributed by atoms with E-state index in [-0.39, 0.29) is 24.2 Å². The maximum absolute atomic E-state index is 12.2. The number of nitrogens with zero attached hydrogens (tertiary/aromatic N) is 1. The van der Waals surface area contributed by atoms with Gasteiger partial charge in [0.1, 0.15) is 5.78 Å². The number of Topliss-reactive ketones (excluding diaryl/α,β-unsaturated/α-hetero) is 1. The average Bonchev–Trinajstić information content (AvgIpc) is 2.62. The Bertz CT molecular complexity index is 670. The molecule has 2 aliphatic heterocycles. The number of benzene rings is 1. The van der Waals surface area contributed by atoms with E-state index in [1.807, 2.05) is 11.0 Å². The van der Waals surface area contributed by atoms with Crippen LogP contribution in [-0.2, 0) is 16.0 Å². The van der Waals surface area contributed by atoms with Gasteiger partial charge in [0, 0.05) is 13.0 Å². The molecule has 1 saturated heterocycles. The van der Waals surface area contributed by atoms with Crippen molar-refractivity contribution in [2.75, 3.05) is 19.8 Å². The number of ketones is 1. The van der Waals surface area contributed by atoms with E-state index >= 15 is 0 Å². The molecule has 0 aliphatic carbocycles. The van der Waals surface area contributed by atoms with Gasteiger partial charge >= 0.3 is 0 Å². The molecule has 26 heavy (non-hydrogen) atoms. The summed E-state index contributed by atoms with van der Waals surface area (Å²) in [5.41, 5.74) is 2.22. The molecule has 1 aromatic rings. The van der Waals surface area contributed by atoms with Gasteiger partial charge < -0.3 is 14.4 Å². The Balaban J connectivity index is 1.89. The van der Waals surface area contributed by atoms with Crippen molar-refractivity contribution in [2.24, 2.45) is 0 Å². The summed E-state index contributed by atoms with van der Waals surface area (Å²) in [6.45, 7) is 6.26. The third-order valence-corrected chi connectivity index (χ3v) is 5.16. The highest BCUT2D eigenvalue weighted by Gasteiger charge is 2.37. The number of carbonyl (C=O) groups excluding carboxylic acids is 2. The maximum atomic E-state index is 12.2. The van der Waals surface area contributed by atoms with Crippen molar-refractivity contribution in [3.8, 4) is 11.5 Å². The van der Waals surface area contributed by atoms with Crippen LogP contribution in [-0.4, -0.2) is 36.3 Å². The molecule has 1 atom stereocenters. The van der Waals surface area contributed by atoms with Gasteiger partial charge in [0.05, 0.1) is 25.7 Å². The van der Waals surface area contributed by atoms with Crippen molar-refractivity contribution in [2.45, 2.75) is 64.8 Å². The number of rotatable bonds is 8. The van der Waals surface area contributed by atoms with Crippen LogP contribution in [0.4, 0.5) is 0 Å². The summed E-state index contributed by atoms with van der Waals surface area (Å²) in [7, 11) is 0. The molecule has 5 nitrogen and oxygen atoms in total. The zero-order chi connectivity index (χ0) is 18.5. The Morgan fingerprint density at radius 2 is 1.69 bits per heavy atom. The highest BCUT2D eigenvalue weighted by Crippen LogP contribution is 2.41. The third-order valence-electron chi connectivity index (χ3n) is 5.16. The maximum Gasteiger partial charge on any atom is 0.230 e. The monoisotopic (exact) mass is 359 g/mol. The van der Waals surface area contributed by atoms with Crippen LogP contribution in [0.25, 0.3) is 0 Å². The zero-order valence-electron chi connectivity index (χ0n) is 15.9. The Morgan fingerprint density at radius 3 is 2.35 bits per heavy atom. The second-order valence-corrected chi connectivity index (χ2v) is 7.17. The predicted molar refractivity (Wildman–Crippen MR) is 99.6 cm³/mol. The topological polar surface area (TPSA) is 55.8 Å². The van der Waals surface area contributed by atoms with Crippen LogP contribution in [0.1, 0.15) is 69.5 Å².